The predicted molar refractivity (Wildman–Crippen MR) is 99.3 cm³/mol. The van der Waals surface area contributed by atoms with Gasteiger partial charge >= 0.3 is 0 Å². The summed E-state index contributed by atoms with van der Waals surface area (Å²) < 4.78 is 0. The Hall–Kier alpha value is -1.39. The van der Waals surface area contributed by atoms with Crippen molar-refractivity contribution in [1.29, 1.82) is 0 Å². The van der Waals surface area contributed by atoms with Gasteiger partial charge in [-0.3, -0.25) is 9.59 Å². The molecule has 1 aromatic carbocycles. The van der Waals surface area contributed by atoms with Crippen molar-refractivity contribution in [2.45, 2.75) is 57.4 Å². The third-order valence-electron chi connectivity index (χ3n) is 4.80. The Morgan fingerprint density at radius 1 is 1.17 bits per heavy atom. The fourth-order valence-corrected chi connectivity index (χ4v) is 3.55. The number of rotatable bonds is 7. The second-order valence-electron chi connectivity index (χ2n) is 7.03. The highest BCUT2D eigenvalue weighted by Gasteiger charge is 2.42. The molecular weight excluding hydrogens is 324 g/mol. The van der Waals surface area contributed by atoms with Gasteiger partial charge in [0.15, 0.2) is 5.78 Å². The maximum absolute atomic E-state index is 12.9. The molecular formula is C19H29ClN2O2. The summed E-state index contributed by atoms with van der Waals surface area (Å²) in [6.45, 7) is 4.13. The Morgan fingerprint density at radius 2 is 1.75 bits per heavy atom. The van der Waals surface area contributed by atoms with Crippen LogP contribution in [0.15, 0.2) is 30.3 Å². The standard InChI is InChI=1S/C19H28N2O2.ClH/c1-14(2)12-16(20)18(23)21-13-17(22)19(10-6-7-11-19)15-8-4-3-5-9-15;/h3-5,8-9,14,16H,6-7,10-13,20H2,1-2H3,(H,21,23);1H. The zero-order chi connectivity index (χ0) is 16.9. The van der Waals surface area contributed by atoms with Crippen LogP contribution in [0.5, 0.6) is 0 Å². The first kappa shape index (κ1) is 20.7. The zero-order valence-electron chi connectivity index (χ0n) is 14.6. The summed E-state index contributed by atoms with van der Waals surface area (Å²) in [6.07, 6.45) is 4.47. The van der Waals surface area contributed by atoms with Gasteiger partial charge in [0.05, 0.1) is 18.0 Å². The van der Waals surface area contributed by atoms with E-state index < -0.39 is 11.5 Å². The molecule has 1 aromatic rings. The van der Waals surface area contributed by atoms with Crippen molar-refractivity contribution in [1.82, 2.24) is 5.32 Å². The third kappa shape index (κ3) is 4.81. The first-order valence-corrected chi connectivity index (χ1v) is 8.58. The van der Waals surface area contributed by atoms with Crippen LogP contribution in [0.25, 0.3) is 0 Å². The van der Waals surface area contributed by atoms with Crippen LogP contribution in [0.1, 0.15) is 51.5 Å². The maximum atomic E-state index is 12.9. The number of hydrogen-bond acceptors (Lipinski definition) is 3. The smallest absolute Gasteiger partial charge is 0.237 e. The van der Waals surface area contributed by atoms with Crippen molar-refractivity contribution in [2.75, 3.05) is 6.54 Å². The Morgan fingerprint density at radius 3 is 2.29 bits per heavy atom. The fourth-order valence-electron chi connectivity index (χ4n) is 3.55. The molecule has 0 aromatic heterocycles. The van der Waals surface area contributed by atoms with Crippen molar-refractivity contribution >= 4 is 24.1 Å². The van der Waals surface area contributed by atoms with Gasteiger partial charge in [-0.2, -0.15) is 0 Å². The predicted octanol–water partition coefficient (Wildman–Crippen LogP) is 2.98. The molecule has 0 bridgehead atoms. The van der Waals surface area contributed by atoms with E-state index in [1.54, 1.807) is 0 Å². The van der Waals surface area contributed by atoms with Crippen molar-refractivity contribution in [3.8, 4) is 0 Å². The van der Waals surface area contributed by atoms with E-state index in [0.717, 1.165) is 31.2 Å². The van der Waals surface area contributed by atoms with Crippen LogP contribution in [0.3, 0.4) is 0 Å². The summed E-state index contributed by atoms with van der Waals surface area (Å²) in [7, 11) is 0. The van der Waals surface area contributed by atoms with Gasteiger partial charge in [-0.15, -0.1) is 12.4 Å². The van der Waals surface area contributed by atoms with Gasteiger partial charge < -0.3 is 11.1 Å². The molecule has 2 rings (SSSR count). The van der Waals surface area contributed by atoms with Gasteiger partial charge in [-0.05, 0) is 30.7 Å². The van der Waals surface area contributed by atoms with Crippen LogP contribution >= 0.6 is 12.4 Å². The van der Waals surface area contributed by atoms with E-state index in [1.165, 1.54) is 0 Å². The first-order valence-electron chi connectivity index (χ1n) is 8.58. The highest BCUT2D eigenvalue weighted by Crippen LogP contribution is 2.41. The molecule has 0 aliphatic heterocycles. The second kappa shape index (κ2) is 9.19. The molecule has 3 N–H and O–H groups in total. The molecule has 24 heavy (non-hydrogen) atoms. The summed E-state index contributed by atoms with van der Waals surface area (Å²) in [5, 5.41) is 2.75. The van der Waals surface area contributed by atoms with Crippen molar-refractivity contribution < 1.29 is 9.59 Å². The molecule has 0 spiro atoms. The number of Topliss-reactive ketones (excluding diaryl/α,β-unsaturated/α-hetero) is 1. The molecule has 134 valence electrons. The van der Waals surface area contributed by atoms with Crippen molar-refractivity contribution in [3.05, 3.63) is 35.9 Å². The van der Waals surface area contributed by atoms with Gasteiger partial charge in [0.25, 0.3) is 0 Å². The SMILES string of the molecule is CC(C)CC(N)C(=O)NCC(=O)C1(c2ccccc2)CCCC1.Cl. The molecule has 1 unspecified atom stereocenters. The van der Waals surface area contributed by atoms with Gasteiger partial charge in [0.1, 0.15) is 0 Å². The number of ketones is 1. The lowest BCUT2D eigenvalue weighted by Gasteiger charge is -2.28. The molecule has 0 saturated heterocycles. The highest BCUT2D eigenvalue weighted by atomic mass is 35.5. The van der Waals surface area contributed by atoms with Crippen LogP contribution in [-0.2, 0) is 15.0 Å². The van der Waals surface area contributed by atoms with Crippen LogP contribution in [0.4, 0.5) is 0 Å². The fraction of sp³-hybridized carbons (Fsp3) is 0.579. The third-order valence-corrected chi connectivity index (χ3v) is 4.80. The van der Waals surface area contributed by atoms with Gasteiger partial charge in [-0.1, -0.05) is 57.0 Å². The number of carbonyl (C=O) groups is 2. The molecule has 5 heteroatoms. The molecule has 0 radical (unpaired) electrons. The topological polar surface area (TPSA) is 72.2 Å². The minimum atomic E-state index is -0.543. The minimum Gasteiger partial charge on any atom is -0.348 e. The summed E-state index contributed by atoms with van der Waals surface area (Å²) >= 11 is 0. The Kier molecular flexibility index (Phi) is 7.91. The van der Waals surface area contributed by atoms with Crippen LogP contribution in [0, 0.1) is 5.92 Å². The number of amides is 1. The Balaban J connectivity index is 0.00000288. The number of carbonyl (C=O) groups excluding carboxylic acids is 2. The number of nitrogens with two attached hydrogens (primary N) is 1. The van der Waals surface area contributed by atoms with Gasteiger partial charge in [-0.25, -0.2) is 0 Å². The van der Waals surface area contributed by atoms with Gasteiger partial charge in [0.2, 0.25) is 5.91 Å². The number of nitrogens with one attached hydrogen (secondary N) is 1. The number of benzene rings is 1. The number of halogens is 1. The Bertz CT molecular complexity index is 540. The van der Waals surface area contributed by atoms with Crippen molar-refractivity contribution in [3.63, 3.8) is 0 Å². The van der Waals surface area contributed by atoms with Crippen molar-refractivity contribution in [2.24, 2.45) is 11.7 Å². The maximum Gasteiger partial charge on any atom is 0.237 e. The van der Waals surface area contributed by atoms with E-state index in [4.69, 9.17) is 5.73 Å². The summed E-state index contributed by atoms with van der Waals surface area (Å²) in [5.41, 5.74) is 6.52. The molecule has 4 nitrogen and oxygen atoms in total. The first-order chi connectivity index (χ1) is 11.0. The van der Waals surface area contributed by atoms with E-state index in [0.29, 0.717) is 12.3 Å². The lowest BCUT2D eigenvalue weighted by molar-refractivity contribution is -0.128. The van der Waals surface area contributed by atoms with Crippen LogP contribution in [-0.4, -0.2) is 24.3 Å². The largest absolute Gasteiger partial charge is 0.348 e. The molecule has 0 heterocycles. The second-order valence-corrected chi connectivity index (χ2v) is 7.03. The molecule has 1 aliphatic carbocycles. The highest BCUT2D eigenvalue weighted by molar-refractivity contribution is 5.95. The average molecular weight is 353 g/mol. The summed E-state index contributed by atoms with van der Waals surface area (Å²) in [6, 6.07) is 9.41. The molecule has 1 fully saturated rings. The van der Waals surface area contributed by atoms with E-state index in [-0.39, 0.29) is 30.6 Å². The van der Waals surface area contributed by atoms with Gasteiger partial charge in [0, 0.05) is 0 Å². The lowest BCUT2D eigenvalue weighted by atomic mass is 9.75. The van der Waals surface area contributed by atoms with E-state index in [9.17, 15) is 9.59 Å². The van der Waals surface area contributed by atoms with E-state index in [2.05, 4.69) is 5.32 Å². The molecule has 1 amide bonds. The van der Waals surface area contributed by atoms with Crippen LogP contribution in [0.2, 0.25) is 0 Å². The van der Waals surface area contributed by atoms with Crippen LogP contribution < -0.4 is 11.1 Å². The molecule has 1 saturated carbocycles. The van der Waals surface area contributed by atoms with E-state index in [1.807, 2.05) is 44.2 Å². The normalized spacial score (nSPS) is 17.2. The summed E-state index contributed by atoms with van der Waals surface area (Å²) in [5.74, 6) is 0.233. The molecule has 1 aliphatic rings. The average Bonchev–Trinajstić information content (AvgIpc) is 3.03. The number of hydrogen-bond donors (Lipinski definition) is 2. The Labute approximate surface area is 151 Å². The zero-order valence-corrected chi connectivity index (χ0v) is 15.4. The molecule has 1 atom stereocenters. The minimum absolute atomic E-state index is 0. The quantitative estimate of drug-likeness (QED) is 0.792. The monoisotopic (exact) mass is 352 g/mol. The summed E-state index contributed by atoms with van der Waals surface area (Å²) in [4.78, 5) is 24.9. The lowest BCUT2D eigenvalue weighted by Crippen LogP contribution is -2.47. The van der Waals surface area contributed by atoms with E-state index >= 15 is 0 Å².